The van der Waals surface area contributed by atoms with E-state index in [9.17, 15) is 9.59 Å². The Kier molecular flexibility index (Phi) is 5.11. The molecule has 0 fully saturated rings. The molecule has 1 heterocycles. The molecule has 0 aliphatic heterocycles. The second-order valence-corrected chi connectivity index (χ2v) is 5.19. The van der Waals surface area contributed by atoms with Crippen molar-refractivity contribution in [1.29, 1.82) is 0 Å². The molecule has 1 amide bonds. The van der Waals surface area contributed by atoms with Gasteiger partial charge in [0.25, 0.3) is 0 Å². The summed E-state index contributed by atoms with van der Waals surface area (Å²) < 4.78 is 10.3. The fourth-order valence-electron chi connectivity index (χ4n) is 1.87. The number of rotatable bonds is 4. The summed E-state index contributed by atoms with van der Waals surface area (Å²) in [4.78, 5) is 22.7. The van der Waals surface area contributed by atoms with E-state index in [0.29, 0.717) is 27.1 Å². The van der Waals surface area contributed by atoms with Crippen LogP contribution < -0.4 is 5.32 Å². The van der Waals surface area contributed by atoms with Gasteiger partial charge in [0.1, 0.15) is 5.76 Å². The van der Waals surface area contributed by atoms with Gasteiger partial charge in [-0.25, -0.2) is 4.79 Å². The summed E-state index contributed by atoms with van der Waals surface area (Å²) in [7, 11) is 0. The van der Waals surface area contributed by atoms with Gasteiger partial charge in [0.2, 0.25) is 11.7 Å². The van der Waals surface area contributed by atoms with E-state index < -0.39 is 5.97 Å². The Bertz CT molecular complexity index is 701. The number of ether oxygens (including phenoxy) is 1. The Balaban J connectivity index is 2.37. The van der Waals surface area contributed by atoms with Crippen LogP contribution in [0.25, 0.3) is 11.3 Å². The summed E-state index contributed by atoms with van der Waals surface area (Å²) in [5.74, 6) is -0.388. The topological polar surface area (TPSA) is 68.5 Å². The van der Waals surface area contributed by atoms with Gasteiger partial charge >= 0.3 is 5.97 Å². The molecule has 0 aliphatic rings. The second-order valence-electron chi connectivity index (χ2n) is 4.38. The molecule has 5 nitrogen and oxygen atoms in total. The number of esters is 1. The highest BCUT2D eigenvalue weighted by molar-refractivity contribution is 6.39. The molecule has 0 bridgehead atoms. The lowest BCUT2D eigenvalue weighted by atomic mass is 10.1. The van der Waals surface area contributed by atoms with Gasteiger partial charge in [0.15, 0.2) is 0 Å². The molecule has 0 aliphatic carbocycles. The predicted molar refractivity (Wildman–Crippen MR) is 84.4 cm³/mol. The molecule has 0 saturated carbocycles. The Morgan fingerprint density at radius 2 is 1.86 bits per heavy atom. The maximum Gasteiger partial charge on any atom is 0.374 e. The number of amides is 1. The zero-order valence-corrected chi connectivity index (χ0v) is 13.4. The van der Waals surface area contributed by atoms with Gasteiger partial charge in [-0.3, -0.25) is 4.79 Å². The first-order chi connectivity index (χ1) is 10.4. The van der Waals surface area contributed by atoms with Crippen molar-refractivity contribution in [2.24, 2.45) is 0 Å². The van der Waals surface area contributed by atoms with Crippen molar-refractivity contribution in [1.82, 2.24) is 0 Å². The van der Waals surface area contributed by atoms with Gasteiger partial charge < -0.3 is 14.5 Å². The van der Waals surface area contributed by atoms with Gasteiger partial charge in [-0.15, -0.1) is 0 Å². The molecular weight excluding hydrogens is 329 g/mol. The molecule has 116 valence electrons. The van der Waals surface area contributed by atoms with E-state index in [1.807, 2.05) is 0 Å². The Morgan fingerprint density at radius 3 is 2.41 bits per heavy atom. The zero-order chi connectivity index (χ0) is 16.3. The minimum atomic E-state index is -0.559. The maximum atomic E-state index is 11.6. The van der Waals surface area contributed by atoms with E-state index in [4.69, 9.17) is 32.4 Å². The molecule has 0 spiro atoms. The smallest absolute Gasteiger partial charge is 0.374 e. The van der Waals surface area contributed by atoms with E-state index in [0.717, 1.165) is 0 Å². The van der Waals surface area contributed by atoms with E-state index in [2.05, 4.69) is 5.32 Å². The highest BCUT2D eigenvalue weighted by Crippen LogP contribution is 2.38. The molecule has 2 rings (SSSR count). The van der Waals surface area contributed by atoms with Crippen LogP contribution in [0.3, 0.4) is 0 Å². The summed E-state index contributed by atoms with van der Waals surface area (Å²) >= 11 is 12.4. The fraction of sp³-hybridized carbons (Fsp3) is 0.200. The van der Waals surface area contributed by atoms with Gasteiger partial charge in [0, 0.05) is 12.6 Å². The first-order valence-electron chi connectivity index (χ1n) is 6.46. The Hall–Kier alpha value is -1.98. The van der Waals surface area contributed by atoms with Crippen molar-refractivity contribution in [2.75, 3.05) is 11.9 Å². The lowest BCUT2D eigenvalue weighted by molar-refractivity contribution is -0.114. The van der Waals surface area contributed by atoms with Crippen molar-refractivity contribution >= 4 is 40.8 Å². The second kappa shape index (κ2) is 6.85. The van der Waals surface area contributed by atoms with Gasteiger partial charge in [-0.2, -0.15) is 0 Å². The Morgan fingerprint density at radius 1 is 1.23 bits per heavy atom. The maximum absolute atomic E-state index is 11.6. The quantitative estimate of drug-likeness (QED) is 0.837. The van der Waals surface area contributed by atoms with Crippen molar-refractivity contribution in [3.05, 3.63) is 40.1 Å². The number of carbonyl (C=O) groups excluding carboxylic acids is 2. The lowest BCUT2D eigenvalue weighted by Crippen LogP contribution is -2.05. The van der Waals surface area contributed by atoms with Crippen molar-refractivity contribution in [2.45, 2.75) is 13.8 Å². The predicted octanol–water partition coefficient (Wildman–Crippen LogP) is 4.39. The number of furan rings is 1. The van der Waals surface area contributed by atoms with Gasteiger partial charge in [-0.1, -0.05) is 23.2 Å². The average molecular weight is 342 g/mol. The van der Waals surface area contributed by atoms with E-state index in [-0.39, 0.29) is 18.3 Å². The molecule has 7 heteroatoms. The third-order valence-electron chi connectivity index (χ3n) is 2.69. The average Bonchev–Trinajstić information content (AvgIpc) is 2.86. The highest BCUT2D eigenvalue weighted by Gasteiger charge is 2.18. The summed E-state index contributed by atoms with van der Waals surface area (Å²) in [6.45, 7) is 3.34. The van der Waals surface area contributed by atoms with Crippen LogP contribution in [0.5, 0.6) is 0 Å². The number of nitrogens with one attached hydrogen (secondary N) is 1. The van der Waals surface area contributed by atoms with Crippen molar-refractivity contribution < 1.29 is 18.7 Å². The summed E-state index contributed by atoms with van der Waals surface area (Å²) in [5.41, 5.74) is 0.913. The third kappa shape index (κ3) is 3.61. The number of hydrogen-bond acceptors (Lipinski definition) is 4. The third-order valence-corrected chi connectivity index (χ3v) is 3.29. The first kappa shape index (κ1) is 16.4. The summed E-state index contributed by atoms with van der Waals surface area (Å²) in [6, 6.07) is 6.17. The Labute approximate surface area is 137 Å². The van der Waals surface area contributed by atoms with Gasteiger partial charge in [-0.05, 0) is 31.2 Å². The molecule has 1 N–H and O–H groups in total. The number of anilines is 1. The normalized spacial score (nSPS) is 10.4. The van der Waals surface area contributed by atoms with E-state index in [1.54, 1.807) is 25.1 Å². The van der Waals surface area contributed by atoms with Crippen LogP contribution >= 0.6 is 23.2 Å². The van der Waals surface area contributed by atoms with Crippen LogP contribution in [0.4, 0.5) is 5.69 Å². The summed E-state index contributed by atoms with van der Waals surface area (Å²) in [5, 5.41) is 3.18. The van der Waals surface area contributed by atoms with Crippen LogP contribution in [-0.4, -0.2) is 18.5 Å². The largest absolute Gasteiger partial charge is 0.460 e. The van der Waals surface area contributed by atoms with Crippen LogP contribution in [-0.2, 0) is 9.53 Å². The minimum absolute atomic E-state index is 0.0647. The number of halogens is 2. The monoisotopic (exact) mass is 341 g/mol. The van der Waals surface area contributed by atoms with Crippen LogP contribution in [0.2, 0.25) is 10.0 Å². The van der Waals surface area contributed by atoms with Crippen molar-refractivity contribution in [3.8, 4) is 11.3 Å². The molecule has 0 saturated heterocycles. The first-order valence-corrected chi connectivity index (χ1v) is 7.22. The standard InChI is InChI=1S/C15H13Cl2NO4/c1-3-21-15(20)13-5-4-12(22-13)14-10(16)6-9(7-11(14)17)18-8(2)19/h4-7H,3H2,1-2H3,(H,18,19). The summed E-state index contributed by atoms with van der Waals surface area (Å²) in [6.07, 6.45) is 0. The van der Waals surface area contributed by atoms with Crippen LogP contribution in [0.1, 0.15) is 24.4 Å². The zero-order valence-electron chi connectivity index (χ0n) is 11.9. The molecule has 2 aromatic rings. The van der Waals surface area contributed by atoms with Crippen molar-refractivity contribution in [3.63, 3.8) is 0 Å². The molecule has 0 radical (unpaired) electrons. The van der Waals surface area contributed by atoms with E-state index in [1.165, 1.54) is 13.0 Å². The molecule has 1 aromatic heterocycles. The van der Waals surface area contributed by atoms with Crippen LogP contribution in [0, 0.1) is 0 Å². The molecule has 0 atom stereocenters. The number of benzene rings is 1. The van der Waals surface area contributed by atoms with Crippen LogP contribution in [0.15, 0.2) is 28.7 Å². The SMILES string of the molecule is CCOC(=O)c1ccc(-c2c(Cl)cc(NC(C)=O)cc2Cl)o1. The van der Waals surface area contributed by atoms with Gasteiger partial charge in [0.05, 0.1) is 22.2 Å². The molecular formula is C15H13Cl2NO4. The van der Waals surface area contributed by atoms with E-state index >= 15 is 0 Å². The number of carbonyl (C=O) groups is 2. The minimum Gasteiger partial charge on any atom is -0.460 e. The highest BCUT2D eigenvalue weighted by atomic mass is 35.5. The fourth-order valence-corrected chi connectivity index (χ4v) is 2.54. The molecule has 0 unspecified atom stereocenters. The lowest BCUT2D eigenvalue weighted by Gasteiger charge is -2.08. The molecule has 1 aromatic carbocycles. The number of hydrogen-bond donors (Lipinski definition) is 1. The molecule has 22 heavy (non-hydrogen) atoms.